The molecule has 0 aromatic carbocycles. The highest BCUT2D eigenvalue weighted by Crippen LogP contribution is 2.49. The van der Waals surface area contributed by atoms with Crippen LogP contribution in [0.25, 0.3) is 0 Å². The quantitative estimate of drug-likeness (QED) is 0.659. The first kappa shape index (κ1) is 16.2. The molecule has 1 heterocycles. The van der Waals surface area contributed by atoms with Gasteiger partial charge in [-0.3, -0.25) is 4.79 Å². The molecule has 7 nitrogen and oxygen atoms in total. The van der Waals surface area contributed by atoms with Crippen molar-refractivity contribution in [2.24, 2.45) is 17.8 Å². The number of nitrogens with zero attached hydrogens (tertiary/aromatic N) is 3. The van der Waals surface area contributed by atoms with E-state index in [1.807, 2.05) is 0 Å². The summed E-state index contributed by atoms with van der Waals surface area (Å²) in [5.74, 6) is 1.53. The minimum Gasteiger partial charge on any atom is -0.358 e. The molecule has 3 rings (SSSR count). The lowest BCUT2D eigenvalue weighted by Gasteiger charge is -2.28. The lowest BCUT2D eigenvalue weighted by Crippen LogP contribution is -2.41. The number of carbonyl (C=O) groups excluding carboxylic acids is 1. The van der Waals surface area contributed by atoms with E-state index in [1.54, 1.807) is 6.92 Å². The van der Waals surface area contributed by atoms with E-state index in [1.165, 1.54) is 30.4 Å². The highest BCUT2D eigenvalue weighted by molar-refractivity contribution is 6.33. The maximum absolute atomic E-state index is 12.2. The van der Waals surface area contributed by atoms with Gasteiger partial charge < -0.3 is 15.4 Å². The molecule has 0 saturated heterocycles. The topological polar surface area (TPSA) is 90.1 Å². The summed E-state index contributed by atoms with van der Waals surface area (Å²) in [6.07, 6.45) is 5.10. The highest BCUT2D eigenvalue weighted by atomic mass is 35.5. The van der Waals surface area contributed by atoms with Crippen LogP contribution in [0.4, 0.5) is 5.82 Å². The summed E-state index contributed by atoms with van der Waals surface area (Å²) in [5, 5.41) is 17.7. The van der Waals surface area contributed by atoms with Crippen LogP contribution in [0.2, 0.25) is 5.02 Å². The number of hydrogen-bond donors (Lipinski definition) is 1. The van der Waals surface area contributed by atoms with Crippen LogP contribution < -0.4 is 5.32 Å². The zero-order valence-electron chi connectivity index (χ0n) is 13.3. The van der Waals surface area contributed by atoms with Crippen molar-refractivity contribution in [3.63, 3.8) is 0 Å². The van der Waals surface area contributed by atoms with Gasteiger partial charge in [0.2, 0.25) is 5.91 Å². The molecular formula is C15H21ClN4O3. The second kappa shape index (κ2) is 6.11. The van der Waals surface area contributed by atoms with Crippen LogP contribution in [0.1, 0.15) is 38.3 Å². The van der Waals surface area contributed by atoms with Gasteiger partial charge in [0, 0.05) is 6.04 Å². The zero-order valence-corrected chi connectivity index (χ0v) is 14.0. The predicted octanol–water partition coefficient (Wildman–Crippen LogP) is 2.69. The van der Waals surface area contributed by atoms with Crippen LogP contribution >= 0.6 is 11.6 Å². The zero-order chi connectivity index (χ0) is 16.7. The number of aromatic nitrogens is 2. The van der Waals surface area contributed by atoms with E-state index < -0.39 is 10.7 Å². The molecule has 23 heavy (non-hydrogen) atoms. The van der Waals surface area contributed by atoms with Gasteiger partial charge in [-0.15, -0.1) is 0 Å². The molecule has 2 saturated carbocycles. The van der Waals surface area contributed by atoms with E-state index in [0.29, 0.717) is 11.6 Å². The third-order valence-electron chi connectivity index (χ3n) is 5.41. The van der Waals surface area contributed by atoms with Crippen molar-refractivity contribution in [2.75, 3.05) is 0 Å². The molecule has 0 radical (unpaired) electrons. The van der Waals surface area contributed by atoms with Gasteiger partial charge >= 0.3 is 5.82 Å². The summed E-state index contributed by atoms with van der Waals surface area (Å²) in [7, 11) is 0. The third-order valence-corrected chi connectivity index (χ3v) is 5.85. The van der Waals surface area contributed by atoms with E-state index in [-0.39, 0.29) is 23.5 Å². The molecule has 1 amide bonds. The molecule has 1 N–H and O–H groups in total. The Balaban J connectivity index is 1.61. The van der Waals surface area contributed by atoms with Crippen molar-refractivity contribution in [2.45, 2.75) is 52.1 Å². The monoisotopic (exact) mass is 340 g/mol. The smallest absolute Gasteiger partial charge is 0.358 e. The molecule has 1 aromatic rings. The molecule has 2 aliphatic carbocycles. The average Bonchev–Trinajstić information content (AvgIpc) is 3.17. The fourth-order valence-corrected chi connectivity index (χ4v) is 4.43. The van der Waals surface area contributed by atoms with Crippen molar-refractivity contribution in [1.29, 1.82) is 0 Å². The molecule has 4 atom stereocenters. The number of halogens is 1. The third kappa shape index (κ3) is 3.06. The van der Waals surface area contributed by atoms with Gasteiger partial charge in [0.25, 0.3) is 0 Å². The molecule has 0 aliphatic heterocycles. The van der Waals surface area contributed by atoms with Crippen LogP contribution in [0.3, 0.4) is 0 Å². The molecular weight excluding hydrogens is 320 g/mol. The molecule has 2 aliphatic rings. The average molecular weight is 341 g/mol. The van der Waals surface area contributed by atoms with Crippen LogP contribution in [0.15, 0.2) is 0 Å². The van der Waals surface area contributed by atoms with E-state index in [4.69, 9.17) is 11.6 Å². The van der Waals surface area contributed by atoms with Gasteiger partial charge in [-0.05, 0) is 55.8 Å². The lowest BCUT2D eigenvalue weighted by atomic mass is 9.84. The van der Waals surface area contributed by atoms with Crippen LogP contribution in [-0.2, 0) is 11.3 Å². The standard InChI is InChI=1S/C15H21ClN4O3/c1-8(12-6-10-3-4-11(12)5-10)17-13(21)7-19-9(2)14(16)15(18-19)20(22)23/h8,10-12H,3-7H2,1-2H3,(H,17,21)/t8-,10+,11+,12-/m0/s1. The van der Waals surface area contributed by atoms with Crippen molar-refractivity contribution >= 4 is 23.3 Å². The number of fused-ring (bicyclic) bond motifs is 2. The van der Waals surface area contributed by atoms with Crippen LogP contribution in [0, 0.1) is 34.8 Å². The molecule has 0 unspecified atom stereocenters. The maximum atomic E-state index is 12.2. The SMILES string of the molecule is Cc1c(Cl)c([N+](=O)[O-])nn1CC(=O)N[C@@H](C)[C@@H]1C[C@@H]2CC[C@@H]1C2. The summed E-state index contributed by atoms with van der Waals surface area (Å²) in [4.78, 5) is 22.4. The minimum absolute atomic E-state index is 0.0102. The first-order valence-corrected chi connectivity index (χ1v) is 8.41. The van der Waals surface area contributed by atoms with Crippen molar-refractivity contribution < 1.29 is 9.72 Å². The fraction of sp³-hybridized carbons (Fsp3) is 0.733. The number of carbonyl (C=O) groups is 1. The largest absolute Gasteiger partial charge is 0.408 e. The lowest BCUT2D eigenvalue weighted by molar-refractivity contribution is -0.389. The van der Waals surface area contributed by atoms with Gasteiger partial charge in [0.1, 0.15) is 6.54 Å². The second-order valence-corrected chi connectivity index (χ2v) is 7.21. The van der Waals surface area contributed by atoms with Crippen molar-refractivity contribution in [3.8, 4) is 0 Å². The maximum Gasteiger partial charge on any atom is 0.408 e. The Morgan fingerprint density at radius 2 is 2.26 bits per heavy atom. The number of hydrogen-bond acceptors (Lipinski definition) is 4. The Morgan fingerprint density at radius 1 is 1.52 bits per heavy atom. The van der Waals surface area contributed by atoms with Gasteiger partial charge in [0.15, 0.2) is 5.02 Å². The van der Waals surface area contributed by atoms with Crippen LogP contribution in [-0.4, -0.2) is 26.7 Å². The Bertz CT molecular complexity index is 645. The minimum atomic E-state index is -0.637. The van der Waals surface area contributed by atoms with Gasteiger partial charge in [-0.2, -0.15) is 4.68 Å². The summed E-state index contributed by atoms with van der Waals surface area (Å²) in [5.41, 5.74) is 0.432. The number of rotatable bonds is 5. The first-order valence-electron chi connectivity index (χ1n) is 8.03. The Labute approximate surface area is 139 Å². The summed E-state index contributed by atoms with van der Waals surface area (Å²) in [6, 6.07) is 0.124. The van der Waals surface area contributed by atoms with E-state index in [2.05, 4.69) is 17.3 Å². The summed E-state index contributed by atoms with van der Waals surface area (Å²) < 4.78 is 1.29. The first-order chi connectivity index (χ1) is 10.9. The number of nitro groups is 1. The molecule has 126 valence electrons. The second-order valence-electron chi connectivity index (χ2n) is 6.83. The van der Waals surface area contributed by atoms with Crippen LogP contribution in [0.5, 0.6) is 0 Å². The van der Waals surface area contributed by atoms with E-state index in [0.717, 1.165) is 11.8 Å². The van der Waals surface area contributed by atoms with E-state index in [9.17, 15) is 14.9 Å². The van der Waals surface area contributed by atoms with Crippen molar-refractivity contribution in [3.05, 3.63) is 20.8 Å². The summed E-state index contributed by atoms with van der Waals surface area (Å²) in [6.45, 7) is 3.62. The van der Waals surface area contributed by atoms with Gasteiger partial charge in [-0.1, -0.05) is 18.0 Å². The number of amides is 1. The van der Waals surface area contributed by atoms with Gasteiger partial charge in [-0.25, -0.2) is 0 Å². The van der Waals surface area contributed by atoms with E-state index >= 15 is 0 Å². The normalized spacial score (nSPS) is 27.2. The Hall–Kier alpha value is -1.63. The summed E-state index contributed by atoms with van der Waals surface area (Å²) >= 11 is 5.89. The number of nitrogens with one attached hydrogen (secondary N) is 1. The fourth-order valence-electron chi connectivity index (χ4n) is 4.23. The van der Waals surface area contributed by atoms with Crippen molar-refractivity contribution in [1.82, 2.24) is 15.1 Å². The molecule has 2 fully saturated rings. The molecule has 0 spiro atoms. The Morgan fingerprint density at radius 3 is 2.78 bits per heavy atom. The highest BCUT2D eigenvalue weighted by Gasteiger charge is 2.42. The predicted molar refractivity (Wildman–Crippen MR) is 85.2 cm³/mol. The molecule has 2 bridgehead atoms. The molecule has 1 aromatic heterocycles. The molecule has 8 heteroatoms. The Kier molecular flexibility index (Phi) is 4.31. The van der Waals surface area contributed by atoms with Gasteiger partial charge in [0.05, 0.1) is 10.8 Å².